The van der Waals surface area contributed by atoms with E-state index >= 15 is 0 Å². The van der Waals surface area contributed by atoms with Crippen molar-refractivity contribution in [3.63, 3.8) is 0 Å². The van der Waals surface area contributed by atoms with Crippen molar-refractivity contribution in [2.24, 2.45) is 7.05 Å². The van der Waals surface area contributed by atoms with Crippen LogP contribution in [0.3, 0.4) is 0 Å². The number of aliphatic hydroxyl groups excluding tert-OH is 1. The zero-order valence-electron chi connectivity index (χ0n) is 8.88. The summed E-state index contributed by atoms with van der Waals surface area (Å²) in [6.07, 6.45) is 0. The molecule has 0 radical (unpaired) electrons. The van der Waals surface area contributed by atoms with Crippen molar-refractivity contribution >= 4 is 11.3 Å². The summed E-state index contributed by atoms with van der Waals surface area (Å²) in [5.74, 6) is 0. The largest absolute Gasteiger partial charge is 0.467 e. The fraction of sp³-hybridized carbons (Fsp3) is 0.333. The van der Waals surface area contributed by atoms with Crippen molar-refractivity contribution in [3.8, 4) is 11.7 Å². The number of aromatic nitrogens is 3. The molecule has 0 fully saturated rings. The van der Waals surface area contributed by atoms with Crippen LogP contribution in [0.4, 0.5) is 0 Å². The Morgan fingerprint density at radius 3 is 3.00 bits per heavy atom. The van der Waals surface area contributed by atoms with Gasteiger partial charge < -0.3 is 9.84 Å². The number of ether oxygens (including phenoxy) is 1. The quantitative estimate of drug-likeness (QED) is 0.829. The minimum absolute atomic E-state index is 0.114. The molecule has 1 N–H and O–H groups in total. The minimum Gasteiger partial charge on any atom is -0.467 e. The van der Waals surface area contributed by atoms with Crippen LogP contribution in [0.25, 0.3) is 5.69 Å². The highest BCUT2D eigenvalue weighted by molar-refractivity contribution is 7.10. The lowest BCUT2D eigenvalue weighted by molar-refractivity contribution is 0.285. The number of aliphatic hydroxyl groups is 1. The van der Waals surface area contributed by atoms with Crippen molar-refractivity contribution in [3.05, 3.63) is 26.8 Å². The Hall–Kier alpha value is -1.60. The number of hydrogen-bond donors (Lipinski definition) is 1. The number of thiophene rings is 1. The van der Waals surface area contributed by atoms with Crippen LogP contribution >= 0.6 is 11.3 Å². The van der Waals surface area contributed by atoms with Gasteiger partial charge in [-0.1, -0.05) is 0 Å². The number of nitrogens with zero attached hydrogens (tertiary/aromatic N) is 3. The highest BCUT2D eigenvalue weighted by Gasteiger charge is 2.16. The molecule has 0 aromatic carbocycles. The molecule has 0 amide bonds. The van der Waals surface area contributed by atoms with Gasteiger partial charge in [-0.2, -0.15) is 0 Å². The zero-order chi connectivity index (χ0) is 11.7. The van der Waals surface area contributed by atoms with Gasteiger partial charge in [-0.25, -0.2) is 14.0 Å². The van der Waals surface area contributed by atoms with E-state index < -0.39 is 0 Å². The van der Waals surface area contributed by atoms with E-state index in [9.17, 15) is 4.79 Å². The van der Waals surface area contributed by atoms with E-state index in [4.69, 9.17) is 9.84 Å². The summed E-state index contributed by atoms with van der Waals surface area (Å²) >= 11 is 1.38. The van der Waals surface area contributed by atoms with E-state index in [0.29, 0.717) is 10.6 Å². The molecule has 0 bridgehead atoms. The first-order valence-corrected chi connectivity index (χ1v) is 5.44. The maximum Gasteiger partial charge on any atom is 0.353 e. The summed E-state index contributed by atoms with van der Waals surface area (Å²) in [6.45, 7) is -0.114. The lowest BCUT2D eigenvalue weighted by Gasteiger charge is -2.03. The first-order valence-electron chi connectivity index (χ1n) is 4.56. The van der Waals surface area contributed by atoms with Gasteiger partial charge in [0.05, 0.1) is 24.3 Å². The maximum atomic E-state index is 11.8. The topological polar surface area (TPSA) is 69.3 Å². The third-order valence-electron chi connectivity index (χ3n) is 2.18. The fourth-order valence-corrected chi connectivity index (χ4v) is 2.15. The molecule has 2 aromatic rings. The molecule has 0 saturated carbocycles. The molecule has 2 aromatic heterocycles. The lowest BCUT2D eigenvalue weighted by atomic mass is 10.4. The molecule has 16 heavy (non-hydrogen) atoms. The molecule has 0 aliphatic heterocycles. The van der Waals surface area contributed by atoms with Gasteiger partial charge in [0.25, 0.3) is 0 Å². The van der Waals surface area contributed by atoms with Crippen LogP contribution in [0.2, 0.25) is 0 Å². The Balaban J connectivity index is 2.68. The molecule has 0 aliphatic carbocycles. The van der Waals surface area contributed by atoms with E-state index in [2.05, 4.69) is 5.10 Å². The van der Waals surface area contributed by atoms with Crippen LogP contribution in [0.5, 0.6) is 6.01 Å². The van der Waals surface area contributed by atoms with Gasteiger partial charge in [0.15, 0.2) is 0 Å². The molecular formula is C9H11N3O3S. The first-order chi connectivity index (χ1) is 7.69. The highest BCUT2D eigenvalue weighted by atomic mass is 32.1. The van der Waals surface area contributed by atoms with Crippen molar-refractivity contribution in [2.75, 3.05) is 7.11 Å². The van der Waals surface area contributed by atoms with Crippen LogP contribution in [0.15, 0.2) is 16.2 Å². The van der Waals surface area contributed by atoms with Crippen molar-refractivity contribution < 1.29 is 9.84 Å². The van der Waals surface area contributed by atoms with E-state index in [0.717, 1.165) is 0 Å². The fourth-order valence-electron chi connectivity index (χ4n) is 1.43. The van der Waals surface area contributed by atoms with Crippen molar-refractivity contribution in [1.29, 1.82) is 0 Å². The average Bonchev–Trinajstić information content (AvgIpc) is 2.84. The monoisotopic (exact) mass is 241 g/mol. The summed E-state index contributed by atoms with van der Waals surface area (Å²) < 4.78 is 7.55. The third-order valence-corrected chi connectivity index (χ3v) is 3.08. The van der Waals surface area contributed by atoms with E-state index in [-0.39, 0.29) is 18.3 Å². The number of rotatable bonds is 3. The van der Waals surface area contributed by atoms with Gasteiger partial charge in [-0.15, -0.1) is 16.4 Å². The van der Waals surface area contributed by atoms with Gasteiger partial charge in [0, 0.05) is 7.05 Å². The van der Waals surface area contributed by atoms with Crippen LogP contribution < -0.4 is 10.4 Å². The second kappa shape index (κ2) is 4.11. The van der Waals surface area contributed by atoms with E-state index in [1.807, 2.05) is 0 Å². The standard InChI is InChI=1S/C9H11N3O3S/c1-11-9(14)12(8(10-11)15-2)6-3-4-16-7(6)5-13/h3-4,13H,5H2,1-2H3. The number of hydrogen-bond acceptors (Lipinski definition) is 5. The molecule has 0 spiro atoms. The van der Waals surface area contributed by atoms with Crippen LogP contribution in [0, 0.1) is 0 Å². The molecule has 0 atom stereocenters. The Bertz CT molecular complexity index is 555. The normalized spacial score (nSPS) is 10.7. The lowest BCUT2D eigenvalue weighted by Crippen LogP contribution is -2.21. The summed E-state index contributed by atoms with van der Waals surface area (Å²) in [4.78, 5) is 12.5. The highest BCUT2D eigenvalue weighted by Crippen LogP contribution is 2.22. The molecule has 0 saturated heterocycles. The van der Waals surface area contributed by atoms with Crippen LogP contribution in [-0.4, -0.2) is 26.6 Å². The second-order valence-electron chi connectivity index (χ2n) is 3.12. The van der Waals surface area contributed by atoms with E-state index in [1.165, 1.54) is 27.7 Å². The van der Waals surface area contributed by atoms with Crippen molar-refractivity contribution in [1.82, 2.24) is 14.3 Å². The summed E-state index contributed by atoms with van der Waals surface area (Å²) in [7, 11) is 3.00. The number of methoxy groups -OCH3 is 1. The summed E-state index contributed by atoms with van der Waals surface area (Å²) in [6, 6.07) is 1.96. The van der Waals surface area contributed by atoms with Gasteiger partial charge in [0.1, 0.15) is 0 Å². The van der Waals surface area contributed by atoms with Gasteiger partial charge >= 0.3 is 11.7 Å². The minimum atomic E-state index is -0.301. The molecule has 0 unspecified atom stereocenters. The molecule has 0 aliphatic rings. The first kappa shape index (κ1) is 10.9. The van der Waals surface area contributed by atoms with Gasteiger partial charge in [-0.05, 0) is 11.4 Å². The Morgan fingerprint density at radius 1 is 1.62 bits per heavy atom. The number of aryl methyl sites for hydroxylation is 1. The molecular weight excluding hydrogens is 230 g/mol. The van der Waals surface area contributed by atoms with Gasteiger partial charge in [0.2, 0.25) is 0 Å². The van der Waals surface area contributed by atoms with Crippen LogP contribution in [0.1, 0.15) is 4.88 Å². The average molecular weight is 241 g/mol. The molecule has 2 rings (SSSR count). The maximum absolute atomic E-state index is 11.8. The Morgan fingerprint density at radius 2 is 2.38 bits per heavy atom. The van der Waals surface area contributed by atoms with Gasteiger partial charge in [-0.3, -0.25) is 0 Å². The SMILES string of the molecule is COc1nn(C)c(=O)n1-c1ccsc1CO. The molecule has 7 heteroatoms. The second-order valence-corrected chi connectivity index (χ2v) is 4.12. The molecule has 86 valence electrons. The summed E-state index contributed by atoms with van der Waals surface area (Å²) in [5.41, 5.74) is 0.312. The zero-order valence-corrected chi connectivity index (χ0v) is 9.69. The Kier molecular flexibility index (Phi) is 2.80. The molecule has 6 nitrogen and oxygen atoms in total. The summed E-state index contributed by atoms with van der Waals surface area (Å²) in [5, 5.41) is 14.9. The smallest absolute Gasteiger partial charge is 0.353 e. The predicted molar refractivity (Wildman–Crippen MR) is 59.2 cm³/mol. The predicted octanol–water partition coefficient (Wildman–Crippen LogP) is 0.133. The Labute approximate surface area is 95.3 Å². The molecule has 2 heterocycles. The van der Waals surface area contributed by atoms with Crippen LogP contribution in [-0.2, 0) is 13.7 Å². The van der Waals surface area contributed by atoms with E-state index in [1.54, 1.807) is 18.5 Å². The van der Waals surface area contributed by atoms with Crippen molar-refractivity contribution in [2.45, 2.75) is 6.61 Å². The third kappa shape index (κ3) is 1.54.